The van der Waals surface area contributed by atoms with Crippen molar-refractivity contribution in [1.29, 1.82) is 0 Å². The minimum Gasteiger partial charge on any atom is -0.478 e. The lowest BCUT2D eigenvalue weighted by atomic mass is 9.95. The average Bonchev–Trinajstić information content (AvgIpc) is 2.47. The van der Waals surface area contributed by atoms with Crippen molar-refractivity contribution in [3.63, 3.8) is 0 Å². The van der Waals surface area contributed by atoms with Gasteiger partial charge in [0.15, 0.2) is 5.82 Å². The number of fused-ring (bicyclic) bond motifs is 1. The molecule has 1 aromatic heterocycles. The van der Waals surface area contributed by atoms with E-state index in [4.69, 9.17) is 10.8 Å². The van der Waals surface area contributed by atoms with E-state index in [1.165, 1.54) is 0 Å². The predicted octanol–water partition coefficient (Wildman–Crippen LogP) is 1.63. The van der Waals surface area contributed by atoms with Crippen LogP contribution in [0.3, 0.4) is 0 Å². The zero-order valence-electron chi connectivity index (χ0n) is 11.7. The number of aryl methyl sites for hydroxylation is 1. The number of hydrogen-bond acceptors (Lipinski definition) is 5. The van der Waals surface area contributed by atoms with E-state index in [-0.39, 0.29) is 5.56 Å². The molecule has 0 unspecified atom stereocenters. The minimum atomic E-state index is -0.984. The molecule has 3 N–H and O–H groups in total. The molecule has 0 radical (unpaired) electrons. The highest BCUT2D eigenvalue weighted by molar-refractivity contribution is 5.94. The largest absolute Gasteiger partial charge is 0.478 e. The summed E-state index contributed by atoms with van der Waals surface area (Å²) in [5.74, 6) is -0.158. The van der Waals surface area contributed by atoms with Crippen LogP contribution in [0.25, 0.3) is 0 Å². The van der Waals surface area contributed by atoms with Gasteiger partial charge in [0.1, 0.15) is 0 Å². The monoisotopic (exact) mass is 284 g/mol. The standard InChI is InChI=1S/C15H16N4O2/c1-9-2-5-13(18-17-9)19-7-6-11-10(8-19)3-4-12(14(11)16)15(20)21/h2-5H,6-8,16H2,1H3,(H,20,21). The first-order valence-corrected chi connectivity index (χ1v) is 6.75. The van der Waals surface area contributed by atoms with Crippen molar-refractivity contribution in [3.05, 3.63) is 46.6 Å². The van der Waals surface area contributed by atoms with Crippen molar-refractivity contribution in [2.24, 2.45) is 0 Å². The number of hydrogen-bond donors (Lipinski definition) is 2. The van der Waals surface area contributed by atoms with Crippen molar-refractivity contribution < 1.29 is 9.90 Å². The van der Waals surface area contributed by atoms with Crippen LogP contribution in [0, 0.1) is 6.92 Å². The third-order valence-corrected chi connectivity index (χ3v) is 3.79. The van der Waals surface area contributed by atoms with Gasteiger partial charge in [-0.3, -0.25) is 0 Å². The Morgan fingerprint density at radius 1 is 1.29 bits per heavy atom. The van der Waals surface area contributed by atoms with Crippen molar-refractivity contribution in [2.75, 3.05) is 17.2 Å². The van der Waals surface area contributed by atoms with Gasteiger partial charge in [-0.1, -0.05) is 6.07 Å². The normalized spacial score (nSPS) is 13.9. The molecule has 0 bridgehead atoms. The molecule has 6 nitrogen and oxygen atoms in total. The van der Waals surface area contributed by atoms with Gasteiger partial charge in [-0.2, -0.15) is 5.10 Å². The Morgan fingerprint density at radius 3 is 2.76 bits per heavy atom. The summed E-state index contributed by atoms with van der Waals surface area (Å²) in [6.45, 7) is 3.31. The van der Waals surface area contributed by atoms with E-state index < -0.39 is 5.97 Å². The van der Waals surface area contributed by atoms with Crippen molar-refractivity contribution in [3.8, 4) is 0 Å². The molecule has 0 amide bonds. The zero-order chi connectivity index (χ0) is 15.0. The molecule has 3 rings (SSSR count). The van der Waals surface area contributed by atoms with Crippen LogP contribution >= 0.6 is 0 Å². The van der Waals surface area contributed by atoms with Gasteiger partial charge in [0.2, 0.25) is 0 Å². The van der Waals surface area contributed by atoms with Gasteiger partial charge in [-0.25, -0.2) is 4.79 Å². The van der Waals surface area contributed by atoms with Gasteiger partial charge >= 0.3 is 5.97 Å². The first-order chi connectivity index (χ1) is 10.1. The van der Waals surface area contributed by atoms with Crippen molar-refractivity contribution >= 4 is 17.5 Å². The summed E-state index contributed by atoms with van der Waals surface area (Å²) < 4.78 is 0. The van der Waals surface area contributed by atoms with Crippen LogP contribution in [-0.2, 0) is 13.0 Å². The number of carboxylic acid groups (broad SMARTS) is 1. The van der Waals surface area contributed by atoms with Crippen molar-refractivity contribution in [2.45, 2.75) is 19.9 Å². The molecule has 108 valence electrons. The predicted molar refractivity (Wildman–Crippen MR) is 79.3 cm³/mol. The summed E-state index contributed by atoms with van der Waals surface area (Å²) in [7, 11) is 0. The Hall–Kier alpha value is -2.63. The fourth-order valence-corrected chi connectivity index (χ4v) is 2.63. The number of aromatic nitrogens is 2. The lowest BCUT2D eigenvalue weighted by Gasteiger charge is -2.30. The summed E-state index contributed by atoms with van der Waals surface area (Å²) in [5.41, 5.74) is 9.41. The van der Waals surface area contributed by atoms with Crippen LogP contribution in [0.1, 0.15) is 27.2 Å². The van der Waals surface area contributed by atoms with E-state index in [1.807, 2.05) is 25.1 Å². The summed E-state index contributed by atoms with van der Waals surface area (Å²) in [6, 6.07) is 7.28. The van der Waals surface area contributed by atoms with Crippen LogP contribution in [-0.4, -0.2) is 27.8 Å². The van der Waals surface area contributed by atoms with Gasteiger partial charge < -0.3 is 15.7 Å². The Morgan fingerprint density at radius 2 is 2.10 bits per heavy atom. The summed E-state index contributed by atoms with van der Waals surface area (Å²) >= 11 is 0. The molecular formula is C15H16N4O2. The molecule has 1 aliphatic rings. The number of nitrogens with zero attached hydrogens (tertiary/aromatic N) is 3. The number of carboxylic acids is 1. The molecule has 0 fully saturated rings. The van der Waals surface area contributed by atoms with Gasteiger partial charge in [0, 0.05) is 18.8 Å². The molecule has 2 aromatic rings. The molecule has 0 saturated heterocycles. The molecule has 2 heterocycles. The zero-order valence-corrected chi connectivity index (χ0v) is 11.7. The topological polar surface area (TPSA) is 92.3 Å². The smallest absolute Gasteiger partial charge is 0.337 e. The molecule has 1 aromatic carbocycles. The quantitative estimate of drug-likeness (QED) is 0.814. The molecule has 0 saturated carbocycles. The van der Waals surface area contributed by atoms with E-state index in [1.54, 1.807) is 6.07 Å². The second-order valence-electron chi connectivity index (χ2n) is 5.17. The first-order valence-electron chi connectivity index (χ1n) is 6.75. The van der Waals surface area contributed by atoms with Crippen molar-refractivity contribution in [1.82, 2.24) is 10.2 Å². The number of nitrogens with two attached hydrogens (primary N) is 1. The van der Waals surface area contributed by atoms with E-state index in [0.717, 1.165) is 29.2 Å². The van der Waals surface area contributed by atoms with Gasteiger partial charge in [0.25, 0.3) is 0 Å². The Balaban J connectivity index is 1.91. The molecule has 6 heteroatoms. The summed E-state index contributed by atoms with van der Waals surface area (Å²) in [6.07, 6.45) is 0.706. The Kier molecular flexibility index (Phi) is 3.21. The third kappa shape index (κ3) is 2.40. The fraction of sp³-hybridized carbons (Fsp3) is 0.267. The molecule has 0 aliphatic carbocycles. The highest BCUT2D eigenvalue weighted by atomic mass is 16.4. The Labute approximate surface area is 122 Å². The summed E-state index contributed by atoms with van der Waals surface area (Å²) in [4.78, 5) is 13.2. The van der Waals surface area contributed by atoms with E-state index in [9.17, 15) is 4.79 Å². The Bertz CT molecular complexity index is 698. The average molecular weight is 284 g/mol. The maximum Gasteiger partial charge on any atom is 0.337 e. The maximum absolute atomic E-state index is 11.1. The highest BCUT2D eigenvalue weighted by Crippen LogP contribution is 2.29. The number of benzene rings is 1. The van der Waals surface area contributed by atoms with Crippen LogP contribution in [0.2, 0.25) is 0 Å². The van der Waals surface area contributed by atoms with Gasteiger partial charge in [0.05, 0.1) is 11.3 Å². The second-order valence-corrected chi connectivity index (χ2v) is 5.17. The van der Waals surface area contributed by atoms with Crippen LogP contribution in [0.15, 0.2) is 24.3 Å². The molecular weight excluding hydrogens is 268 g/mol. The minimum absolute atomic E-state index is 0.178. The molecule has 0 spiro atoms. The second kappa shape index (κ2) is 5.05. The lowest BCUT2D eigenvalue weighted by molar-refractivity contribution is 0.0698. The molecule has 21 heavy (non-hydrogen) atoms. The van der Waals surface area contributed by atoms with E-state index >= 15 is 0 Å². The molecule has 0 atom stereocenters. The maximum atomic E-state index is 11.1. The van der Waals surface area contributed by atoms with E-state index in [0.29, 0.717) is 18.7 Å². The number of carbonyl (C=O) groups is 1. The SMILES string of the molecule is Cc1ccc(N2CCc3c(ccc(C(=O)O)c3N)C2)nn1. The van der Waals surface area contributed by atoms with Gasteiger partial charge in [-0.05, 0) is 42.7 Å². The number of rotatable bonds is 2. The number of aromatic carboxylic acids is 1. The van der Waals surface area contributed by atoms with E-state index in [2.05, 4.69) is 15.1 Å². The summed E-state index contributed by atoms with van der Waals surface area (Å²) in [5, 5.41) is 17.4. The fourth-order valence-electron chi connectivity index (χ4n) is 2.63. The van der Waals surface area contributed by atoms with Crippen LogP contribution < -0.4 is 10.6 Å². The first kappa shape index (κ1) is 13.4. The molecule has 1 aliphatic heterocycles. The highest BCUT2D eigenvalue weighted by Gasteiger charge is 2.22. The number of nitrogen functional groups attached to an aromatic ring is 1. The van der Waals surface area contributed by atoms with Gasteiger partial charge in [-0.15, -0.1) is 5.10 Å². The van der Waals surface area contributed by atoms with Crippen LogP contribution in [0.5, 0.6) is 0 Å². The lowest BCUT2D eigenvalue weighted by Crippen LogP contribution is -2.32. The third-order valence-electron chi connectivity index (χ3n) is 3.79. The van der Waals surface area contributed by atoms with Crippen LogP contribution in [0.4, 0.5) is 11.5 Å². The number of anilines is 2.